The molecule has 6 heteroatoms. The Balaban J connectivity index is 2.07. The van der Waals surface area contributed by atoms with Crippen molar-refractivity contribution < 1.29 is 23.9 Å². The van der Waals surface area contributed by atoms with Crippen LogP contribution < -0.4 is 10.2 Å². The maximum atomic E-state index is 13.4. The van der Waals surface area contributed by atoms with Crippen LogP contribution in [0.4, 0.5) is 4.39 Å². The van der Waals surface area contributed by atoms with Gasteiger partial charge in [0.05, 0.1) is 6.61 Å². The Labute approximate surface area is 122 Å². The van der Waals surface area contributed by atoms with E-state index in [4.69, 9.17) is 19.5 Å². The summed E-state index contributed by atoms with van der Waals surface area (Å²) in [6.45, 7) is 0.617. The molecule has 2 aromatic carbocycles. The van der Waals surface area contributed by atoms with Gasteiger partial charge in [0.1, 0.15) is 18.2 Å². The third kappa shape index (κ3) is 4.56. The van der Waals surface area contributed by atoms with Crippen molar-refractivity contribution in [3.8, 4) is 5.75 Å². The predicted octanol–water partition coefficient (Wildman–Crippen LogP) is 1.23. The molecule has 0 bridgehead atoms. The van der Waals surface area contributed by atoms with Crippen molar-refractivity contribution in [1.82, 2.24) is 0 Å². The predicted molar refractivity (Wildman–Crippen MR) is 77.7 cm³/mol. The fraction of sp³-hybridized carbons (Fsp3) is 0.200. The summed E-state index contributed by atoms with van der Waals surface area (Å²) >= 11 is 0. The van der Waals surface area contributed by atoms with E-state index in [2.05, 4.69) is 0 Å². The van der Waals surface area contributed by atoms with Gasteiger partial charge in [0.2, 0.25) is 0 Å². The summed E-state index contributed by atoms with van der Waals surface area (Å²) in [6.07, 6.45) is 0. The molecule has 0 aliphatic carbocycles. The zero-order chi connectivity index (χ0) is 15.2. The van der Waals surface area contributed by atoms with Crippen LogP contribution in [0.2, 0.25) is 0 Å². The molecule has 0 heterocycles. The number of hydrogen-bond acceptors (Lipinski definition) is 4. The van der Waals surface area contributed by atoms with Crippen molar-refractivity contribution in [2.45, 2.75) is 13.2 Å². The Bertz CT molecular complexity index is 604. The van der Waals surface area contributed by atoms with Gasteiger partial charge >= 0.3 is 7.12 Å². The second-order valence-electron chi connectivity index (χ2n) is 4.64. The summed E-state index contributed by atoms with van der Waals surface area (Å²) in [5.41, 5.74) is 1.60. The highest BCUT2D eigenvalue weighted by molar-refractivity contribution is 6.58. The molecule has 4 nitrogen and oxygen atoms in total. The van der Waals surface area contributed by atoms with Crippen LogP contribution in [0.15, 0.2) is 42.5 Å². The molecule has 0 fully saturated rings. The molecule has 0 atom stereocenters. The first-order valence-corrected chi connectivity index (χ1v) is 6.44. The highest BCUT2D eigenvalue weighted by Gasteiger charge is 2.13. The summed E-state index contributed by atoms with van der Waals surface area (Å²) in [6, 6.07) is 11.3. The van der Waals surface area contributed by atoms with Crippen LogP contribution >= 0.6 is 0 Å². The normalized spacial score (nSPS) is 10.5. The van der Waals surface area contributed by atoms with Gasteiger partial charge in [-0.05, 0) is 40.9 Å². The van der Waals surface area contributed by atoms with E-state index in [1.54, 1.807) is 13.2 Å². The zero-order valence-corrected chi connectivity index (χ0v) is 11.6. The van der Waals surface area contributed by atoms with Crippen molar-refractivity contribution >= 4 is 12.6 Å². The lowest BCUT2D eigenvalue weighted by atomic mass is 9.79. The number of halogens is 1. The number of rotatable bonds is 6. The molecule has 0 saturated heterocycles. The fourth-order valence-electron chi connectivity index (χ4n) is 1.97. The summed E-state index contributed by atoms with van der Waals surface area (Å²) < 4.78 is 24.0. The van der Waals surface area contributed by atoms with Gasteiger partial charge in [0.25, 0.3) is 0 Å². The topological polar surface area (TPSA) is 58.9 Å². The maximum Gasteiger partial charge on any atom is 0.488 e. The summed E-state index contributed by atoms with van der Waals surface area (Å²) in [7, 11) is -0.0911. The van der Waals surface area contributed by atoms with Crippen molar-refractivity contribution in [2.24, 2.45) is 0 Å². The van der Waals surface area contributed by atoms with Gasteiger partial charge in [-0.25, -0.2) is 4.39 Å². The molecule has 0 unspecified atom stereocenters. The van der Waals surface area contributed by atoms with Gasteiger partial charge in [-0.15, -0.1) is 0 Å². The second kappa shape index (κ2) is 7.22. The second-order valence-corrected chi connectivity index (χ2v) is 4.64. The molecule has 0 radical (unpaired) electrons. The molecule has 110 valence electrons. The average Bonchev–Trinajstić information content (AvgIpc) is 2.45. The first kappa shape index (κ1) is 15.5. The van der Waals surface area contributed by atoms with Crippen molar-refractivity contribution in [1.29, 1.82) is 0 Å². The van der Waals surface area contributed by atoms with E-state index in [1.807, 2.05) is 18.2 Å². The third-order valence-corrected chi connectivity index (χ3v) is 2.89. The lowest BCUT2D eigenvalue weighted by Crippen LogP contribution is -2.30. The number of methoxy groups -OCH3 is 1. The lowest BCUT2D eigenvalue weighted by Gasteiger charge is -2.09. The molecule has 0 aliphatic rings. The van der Waals surface area contributed by atoms with Crippen molar-refractivity contribution in [2.75, 3.05) is 7.11 Å². The minimum absolute atomic E-state index is 0.0988. The molecule has 0 aromatic heterocycles. The summed E-state index contributed by atoms with van der Waals surface area (Å²) in [5, 5.41) is 18.2. The van der Waals surface area contributed by atoms with E-state index in [9.17, 15) is 4.39 Å². The zero-order valence-electron chi connectivity index (χ0n) is 11.6. The molecule has 2 aromatic rings. The fourth-order valence-corrected chi connectivity index (χ4v) is 1.97. The first-order chi connectivity index (χ1) is 10.1. The first-order valence-electron chi connectivity index (χ1n) is 6.44. The van der Waals surface area contributed by atoms with Gasteiger partial charge < -0.3 is 19.5 Å². The minimum Gasteiger partial charge on any atom is -0.489 e. The minimum atomic E-state index is -1.70. The van der Waals surface area contributed by atoms with E-state index >= 15 is 0 Å². The highest BCUT2D eigenvalue weighted by Crippen LogP contribution is 2.16. The Morgan fingerprint density at radius 3 is 2.57 bits per heavy atom. The summed E-state index contributed by atoms with van der Waals surface area (Å²) in [4.78, 5) is 0. The monoisotopic (exact) mass is 290 g/mol. The molecule has 2 rings (SSSR count). The Hall–Kier alpha value is -1.89. The number of benzene rings is 2. The molecule has 21 heavy (non-hydrogen) atoms. The van der Waals surface area contributed by atoms with E-state index < -0.39 is 12.9 Å². The average molecular weight is 290 g/mol. The molecular formula is C15H16BFO4. The maximum absolute atomic E-state index is 13.4. The molecule has 0 aliphatic heterocycles. The Kier molecular flexibility index (Phi) is 5.33. The molecule has 0 spiro atoms. The lowest BCUT2D eigenvalue weighted by molar-refractivity contribution is 0.184. The standard InChI is InChI=1S/C15H16BFO4/c1-20-9-11-3-2-4-15(7-11)21-10-12-5-13(16(18)19)8-14(17)6-12/h2-8,18-19H,9-10H2,1H3. The van der Waals surface area contributed by atoms with Crippen molar-refractivity contribution in [3.63, 3.8) is 0 Å². The largest absolute Gasteiger partial charge is 0.489 e. The van der Waals surface area contributed by atoms with Crippen molar-refractivity contribution in [3.05, 3.63) is 59.4 Å². The van der Waals surface area contributed by atoms with Gasteiger partial charge in [-0.2, -0.15) is 0 Å². The number of hydrogen-bond donors (Lipinski definition) is 2. The van der Waals surface area contributed by atoms with Crippen LogP contribution in [-0.2, 0) is 18.0 Å². The quantitative estimate of drug-likeness (QED) is 0.786. The van der Waals surface area contributed by atoms with Crippen LogP contribution in [0.25, 0.3) is 0 Å². The van der Waals surface area contributed by atoms with Gasteiger partial charge in [-0.1, -0.05) is 18.2 Å². The van der Waals surface area contributed by atoms with Crippen LogP contribution in [0.3, 0.4) is 0 Å². The van der Waals surface area contributed by atoms with E-state index in [1.165, 1.54) is 12.1 Å². The summed E-state index contributed by atoms with van der Waals surface area (Å²) in [5.74, 6) is 0.104. The number of ether oxygens (including phenoxy) is 2. The van der Waals surface area contributed by atoms with Gasteiger partial charge in [0.15, 0.2) is 0 Å². The van der Waals surface area contributed by atoms with Crippen LogP contribution in [0.1, 0.15) is 11.1 Å². The van der Waals surface area contributed by atoms with Crippen LogP contribution in [0.5, 0.6) is 5.75 Å². The SMILES string of the molecule is COCc1cccc(OCc2cc(F)cc(B(O)O)c2)c1. The van der Waals surface area contributed by atoms with E-state index in [0.29, 0.717) is 17.9 Å². The van der Waals surface area contributed by atoms with E-state index in [-0.39, 0.29) is 12.1 Å². The Morgan fingerprint density at radius 2 is 1.86 bits per heavy atom. The van der Waals surface area contributed by atoms with E-state index in [0.717, 1.165) is 11.6 Å². The third-order valence-electron chi connectivity index (χ3n) is 2.89. The molecule has 2 N–H and O–H groups in total. The highest BCUT2D eigenvalue weighted by atomic mass is 19.1. The molecule has 0 saturated carbocycles. The van der Waals surface area contributed by atoms with Gasteiger partial charge in [-0.3, -0.25) is 0 Å². The van der Waals surface area contributed by atoms with Gasteiger partial charge in [0, 0.05) is 7.11 Å². The van der Waals surface area contributed by atoms with Crippen LogP contribution in [-0.4, -0.2) is 24.3 Å². The molecule has 0 amide bonds. The molecular weight excluding hydrogens is 274 g/mol. The van der Waals surface area contributed by atoms with Crippen LogP contribution in [0, 0.1) is 5.82 Å². The smallest absolute Gasteiger partial charge is 0.488 e. The Morgan fingerprint density at radius 1 is 1.05 bits per heavy atom.